The van der Waals surface area contributed by atoms with E-state index in [2.05, 4.69) is 38.5 Å². The molecule has 0 saturated heterocycles. The Kier molecular flexibility index (Phi) is 8.21. The zero-order valence-corrected chi connectivity index (χ0v) is 21.3. The first kappa shape index (κ1) is 24.5. The molecular weight excluding hydrogens is 506 g/mol. The first-order chi connectivity index (χ1) is 17.1. The molecule has 3 aromatic carbocycles. The number of nitrogens with zero attached hydrogens (tertiary/aromatic N) is 2. The maximum Gasteiger partial charge on any atom is 0.251 e. The van der Waals surface area contributed by atoms with Crippen LogP contribution in [0.4, 0.5) is 0 Å². The fraction of sp³-hybridized carbons (Fsp3) is 0.214. The first-order valence-corrected chi connectivity index (χ1v) is 12.3. The molecule has 4 rings (SSSR count). The molecule has 0 unspecified atom stereocenters. The van der Waals surface area contributed by atoms with Gasteiger partial charge in [0.15, 0.2) is 11.5 Å². The van der Waals surface area contributed by atoms with Crippen LogP contribution in [0.5, 0.6) is 11.5 Å². The van der Waals surface area contributed by atoms with E-state index in [1.165, 1.54) is 0 Å². The highest BCUT2D eigenvalue weighted by Gasteiger charge is 2.13. The molecule has 0 bridgehead atoms. The number of allylic oxidation sites excluding steroid dienone is 1. The molecule has 4 aromatic rings. The first-order valence-electron chi connectivity index (χ1n) is 11.5. The van der Waals surface area contributed by atoms with Crippen molar-refractivity contribution in [1.29, 1.82) is 0 Å². The predicted molar refractivity (Wildman–Crippen MR) is 142 cm³/mol. The summed E-state index contributed by atoms with van der Waals surface area (Å²) in [6, 6.07) is 21.3. The van der Waals surface area contributed by atoms with E-state index in [9.17, 15) is 4.79 Å². The predicted octanol–water partition coefficient (Wildman–Crippen LogP) is 5.59. The number of aromatic nitrogens is 2. The number of hydrogen-bond donors (Lipinski definition) is 1. The third kappa shape index (κ3) is 6.11. The molecule has 1 N–H and O–H groups in total. The molecule has 7 heteroatoms. The minimum Gasteiger partial charge on any atom is -0.493 e. The van der Waals surface area contributed by atoms with Gasteiger partial charge in [-0.25, -0.2) is 4.98 Å². The third-order valence-electron chi connectivity index (χ3n) is 5.65. The molecule has 0 radical (unpaired) electrons. The van der Waals surface area contributed by atoms with Crippen molar-refractivity contribution >= 4 is 32.9 Å². The maximum absolute atomic E-state index is 12.5. The minimum atomic E-state index is -0.101. The number of carbonyl (C=O) groups is 1. The molecule has 1 heterocycles. The van der Waals surface area contributed by atoms with E-state index in [1.54, 1.807) is 19.2 Å². The van der Waals surface area contributed by atoms with E-state index in [4.69, 9.17) is 14.5 Å². The van der Waals surface area contributed by atoms with Gasteiger partial charge in [0.05, 0.1) is 24.7 Å². The molecule has 0 aliphatic heterocycles. The number of hydrogen-bond acceptors (Lipinski definition) is 4. The lowest BCUT2D eigenvalue weighted by molar-refractivity contribution is 0.0954. The van der Waals surface area contributed by atoms with Gasteiger partial charge in [0.2, 0.25) is 0 Å². The van der Waals surface area contributed by atoms with Crippen LogP contribution in [0.15, 0.2) is 83.9 Å². The third-order valence-corrected chi connectivity index (χ3v) is 6.18. The summed E-state index contributed by atoms with van der Waals surface area (Å²) in [5, 5.41) is 2.99. The summed E-state index contributed by atoms with van der Waals surface area (Å²) in [5.41, 5.74) is 3.71. The zero-order valence-electron chi connectivity index (χ0n) is 19.7. The van der Waals surface area contributed by atoms with Crippen LogP contribution in [0.3, 0.4) is 0 Å². The minimum absolute atomic E-state index is 0.101. The summed E-state index contributed by atoms with van der Waals surface area (Å²) in [6.07, 6.45) is 3.25. The van der Waals surface area contributed by atoms with Gasteiger partial charge in [-0.05, 0) is 60.5 Å². The fourth-order valence-corrected chi connectivity index (χ4v) is 4.19. The summed E-state index contributed by atoms with van der Waals surface area (Å²) >= 11 is 3.39. The Bertz CT molecular complexity index is 1320. The van der Waals surface area contributed by atoms with Crippen LogP contribution in [-0.2, 0) is 19.4 Å². The van der Waals surface area contributed by atoms with Gasteiger partial charge in [-0.1, -0.05) is 40.2 Å². The molecule has 0 aliphatic rings. The lowest BCUT2D eigenvalue weighted by atomic mass is 10.1. The topological polar surface area (TPSA) is 65.4 Å². The molecule has 1 aromatic heterocycles. The molecule has 6 nitrogen and oxygen atoms in total. The fourth-order valence-electron chi connectivity index (χ4n) is 3.93. The van der Waals surface area contributed by atoms with Crippen molar-refractivity contribution in [3.63, 3.8) is 0 Å². The van der Waals surface area contributed by atoms with E-state index in [1.807, 2.05) is 54.6 Å². The Morgan fingerprint density at radius 3 is 2.69 bits per heavy atom. The molecular formula is C28H28BrN3O3. The number of para-hydroxylation sites is 2. The Balaban J connectivity index is 1.42. The van der Waals surface area contributed by atoms with Crippen molar-refractivity contribution in [2.75, 3.05) is 20.3 Å². The van der Waals surface area contributed by atoms with Crippen LogP contribution >= 0.6 is 15.9 Å². The monoisotopic (exact) mass is 533 g/mol. The van der Waals surface area contributed by atoms with E-state index in [-0.39, 0.29) is 5.91 Å². The van der Waals surface area contributed by atoms with Gasteiger partial charge in [-0.3, -0.25) is 4.79 Å². The van der Waals surface area contributed by atoms with Gasteiger partial charge in [-0.15, -0.1) is 6.58 Å². The van der Waals surface area contributed by atoms with Gasteiger partial charge in [0.25, 0.3) is 5.91 Å². The Labute approximate surface area is 213 Å². The lowest BCUT2D eigenvalue weighted by Crippen LogP contribution is -2.26. The molecule has 35 heavy (non-hydrogen) atoms. The normalized spacial score (nSPS) is 10.8. The molecule has 0 saturated carbocycles. The van der Waals surface area contributed by atoms with Gasteiger partial charge < -0.3 is 19.4 Å². The van der Waals surface area contributed by atoms with Crippen LogP contribution in [-0.4, -0.2) is 35.7 Å². The molecule has 0 spiro atoms. The van der Waals surface area contributed by atoms with Crippen molar-refractivity contribution in [1.82, 2.24) is 14.9 Å². The van der Waals surface area contributed by atoms with E-state index in [0.29, 0.717) is 43.2 Å². The Hall–Kier alpha value is -3.58. The van der Waals surface area contributed by atoms with Crippen LogP contribution in [0.25, 0.3) is 11.0 Å². The number of methoxy groups -OCH3 is 1. The summed E-state index contributed by atoms with van der Waals surface area (Å²) in [6.45, 7) is 5.35. The smallest absolute Gasteiger partial charge is 0.251 e. The number of fused-ring (bicyclic) bond motifs is 1. The van der Waals surface area contributed by atoms with E-state index >= 15 is 0 Å². The second kappa shape index (κ2) is 11.7. The molecule has 0 atom stereocenters. The van der Waals surface area contributed by atoms with Crippen LogP contribution < -0.4 is 14.8 Å². The number of amides is 1. The van der Waals surface area contributed by atoms with Crippen molar-refractivity contribution in [3.8, 4) is 11.5 Å². The van der Waals surface area contributed by atoms with Crippen molar-refractivity contribution in [3.05, 3.63) is 101 Å². The lowest BCUT2D eigenvalue weighted by Gasteiger charge is -2.14. The number of ether oxygens (including phenoxy) is 2. The highest BCUT2D eigenvalue weighted by molar-refractivity contribution is 9.10. The molecule has 180 valence electrons. The van der Waals surface area contributed by atoms with Gasteiger partial charge >= 0.3 is 0 Å². The number of nitrogens with one attached hydrogen (secondary N) is 1. The summed E-state index contributed by atoms with van der Waals surface area (Å²) < 4.78 is 14.7. The molecule has 0 fully saturated rings. The van der Waals surface area contributed by atoms with Crippen molar-refractivity contribution in [2.24, 2.45) is 0 Å². The quantitative estimate of drug-likeness (QED) is 0.255. The average Bonchev–Trinajstić information content (AvgIpc) is 3.22. The van der Waals surface area contributed by atoms with Crippen molar-refractivity contribution in [2.45, 2.75) is 19.4 Å². The standard InChI is InChI=1S/C28H28BrN3O3/c1-3-6-20-9-14-25(26(19-20)34-2)35-18-17-32-24-8-5-4-7-23(24)31-27(32)15-16-30-28(33)21-10-12-22(29)13-11-21/h3-5,7-14,19H,1,6,15-18H2,2H3,(H,30,33). The largest absolute Gasteiger partial charge is 0.493 e. The zero-order chi connectivity index (χ0) is 24.6. The summed E-state index contributed by atoms with van der Waals surface area (Å²) in [5.74, 6) is 2.21. The Morgan fingerprint density at radius 1 is 1.11 bits per heavy atom. The van der Waals surface area contributed by atoms with Crippen molar-refractivity contribution < 1.29 is 14.3 Å². The second-order valence-electron chi connectivity index (χ2n) is 8.01. The van der Waals surface area contributed by atoms with Crippen LogP contribution in [0, 0.1) is 0 Å². The summed E-state index contributed by atoms with van der Waals surface area (Å²) in [4.78, 5) is 17.3. The van der Waals surface area contributed by atoms with Gasteiger partial charge in [0.1, 0.15) is 12.4 Å². The van der Waals surface area contributed by atoms with Gasteiger partial charge in [0, 0.05) is 23.0 Å². The van der Waals surface area contributed by atoms with Crippen LogP contribution in [0.1, 0.15) is 21.7 Å². The SMILES string of the molecule is C=CCc1ccc(OCCn2c(CCNC(=O)c3ccc(Br)cc3)nc3ccccc32)c(OC)c1. The highest BCUT2D eigenvalue weighted by atomic mass is 79.9. The number of imidazole rings is 1. The van der Waals surface area contributed by atoms with Crippen LogP contribution in [0.2, 0.25) is 0 Å². The maximum atomic E-state index is 12.5. The highest BCUT2D eigenvalue weighted by Crippen LogP contribution is 2.28. The number of rotatable bonds is 11. The average molecular weight is 534 g/mol. The molecule has 0 aliphatic carbocycles. The van der Waals surface area contributed by atoms with Gasteiger partial charge in [-0.2, -0.15) is 0 Å². The second-order valence-corrected chi connectivity index (χ2v) is 8.92. The number of benzene rings is 3. The number of carbonyl (C=O) groups excluding carboxylic acids is 1. The van der Waals surface area contributed by atoms with E-state index in [0.717, 1.165) is 33.3 Å². The molecule has 1 amide bonds. The van der Waals surface area contributed by atoms with E-state index < -0.39 is 0 Å². The number of halogens is 1. The summed E-state index contributed by atoms with van der Waals surface area (Å²) in [7, 11) is 1.64. The Morgan fingerprint density at radius 2 is 1.91 bits per heavy atom.